The van der Waals surface area contributed by atoms with Crippen molar-refractivity contribution in [1.29, 1.82) is 0 Å². The topological polar surface area (TPSA) is 55.8 Å². The van der Waals surface area contributed by atoms with E-state index in [0.29, 0.717) is 5.92 Å². The van der Waals surface area contributed by atoms with Gasteiger partial charge in [-0.05, 0) is 33.1 Å². The Labute approximate surface area is 102 Å². The molecule has 0 radical (unpaired) electrons. The number of hydrogen-bond donors (Lipinski definition) is 0. The Morgan fingerprint density at radius 3 is 2.59 bits per heavy atom. The molecule has 0 aromatic carbocycles. The van der Waals surface area contributed by atoms with Crippen molar-refractivity contribution >= 4 is 12.2 Å². The van der Waals surface area contributed by atoms with Crippen LogP contribution in [-0.2, 0) is 9.47 Å². The van der Waals surface area contributed by atoms with Gasteiger partial charge in [-0.25, -0.2) is 14.5 Å². The fourth-order valence-corrected chi connectivity index (χ4v) is 1.71. The Balaban J connectivity index is 2.71. The van der Waals surface area contributed by atoms with Crippen molar-refractivity contribution in [3.63, 3.8) is 0 Å². The van der Waals surface area contributed by atoms with Crippen LogP contribution in [0.25, 0.3) is 0 Å². The Hall–Kier alpha value is -1.26. The Bertz CT molecular complexity index is 306. The maximum atomic E-state index is 11.9. The zero-order chi connectivity index (χ0) is 13.2. The maximum Gasteiger partial charge on any atom is 0.420 e. The molecule has 0 saturated carbocycles. The minimum absolute atomic E-state index is 0.211. The molecule has 1 fully saturated rings. The van der Waals surface area contributed by atoms with E-state index in [9.17, 15) is 9.59 Å². The first-order chi connectivity index (χ1) is 7.70. The monoisotopic (exact) mass is 243 g/mol. The molecule has 5 nitrogen and oxygen atoms in total. The molecule has 5 heteroatoms. The molecule has 1 heterocycles. The second-order valence-corrected chi connectivity index (χ2v) is 5.71. The van der Waals surface area contributed by atoms with Crippen LogP contribution in [-0.4, -0.2) is 35.3 Å². The van der Waals surface area contributed by atoms with Crippen molar-refractivity contribution in [2.45, 2.75) is 52.7 Å². The average molecular weight is 243 g/mol. The molecule has 1 atom stereocenters. The highest BCUT2D eigenvalue weighted by Crippen LogP contribution is 2.22. The van der Waals surface area contributed by atoms with Crippen molar-refractivity contribution < 1.29 is 19.1 Å². The molecule has 1 aliphatic rings. The molecule has 1 saturated heterocycles. The quantitative estimate of drug-likeness (QED) is 0.748. The molecule has 0 aliphatic carbocycles. The number of rotatable bonds is 2. The summed E-state index contributed by atoms with van der Waals surface area (Å²) in [5, 5.41) is 0. The summed E-state index contributed by atoms with van der Waals surface area (Å²) in [7, 11) is 0. The first kappa shape index (κ1) is 13.8. The molecule has 17 heavy (non-hydrogen) atoms. The lowest BCUT2D eigenvalue weighted by molar-refractivity contribution is 0.0282. The van der Waals surface area contributed by atoms with Crippen LogP contribution in [0.15, 0.2) is 0 Å². The molecule has 2 amide bonds. The number of cyclic esters (lactones) is 1. The fourth-order valence-electron chi connectivity index (χ4n) is 1.71. The van der Waals surface area contributed by atoms with E-state index in [4.69, 9.17) is 9.47 Å². The summed E-state index contributed by atoms with van der Waals surface area (Å²) >= 11 is 0. The SMILES string of the molecule is CC(C)C[C@H]1COC(=O)N1C(=O)OC(C)(C)C. The van der Waals surface area contributed by atoms with Gasteiger partial charge in [-0.3, -0.25) is 0 Å². The van der Waals surface area contributed by atoms with Gasteiger partial charge in [0.25, 0.3) is 0 Å². The highest BCUT2D eigenvalue weighted by molar-refractivity contribution is 5.89. The zero-order valence-corrected chi connectivity index (χ0v) is 11.1. The number of hydrogen-bond acceptors (Lipinski definition) is 4. The van der Waals surface area contributed by atoms with Gasteiger partial charge in [0, 0.05) is 0 Å². The van der Waals surface area contributed by atoms with Gasteiger partial charge in [-0.15, -0.1) is 0 Å². The molecule has 0 unspecified atom stereocenters. The average Bonchev–Trinajstić information content (AvgIpc) is 2.42. The van der Waals surface area contributed by atoms with Crippen LogP contribution in [0, 0.1) is 5.92 Å². The number of carbonyl (C=O) groups excluding carboxylic acids is 2. The molecular weight excluding hydrogens is 222 g/mol. The third-order valence-corrected chi connectivity index (χ3v) is 2.29. The van der Waals surface area contributed by atoms with Gasteiger partial charge < -0.3 is 9.47 Å². The van der Waals surface area contributed by atoms with E-state index in [1.165, 1.54) is 0 Å². The van der Waals surface area contributed by atoms with Gasteiger partial charge in [0.1, 0.15) is 12.2 Å². The van der Waals surface area contributed by atoms with Crippen LogP contribution in [0.4, 0.5) is 9.59 Å². The second kappa shape index (κ2) is 4.94. The highest BCUT2D eigenvalue weighted by Gasteiger charge is 2.40. The van der Waals surface area contributed by atoms with Gasteiger partial charge in [-0.1, -0.05) is 13.8 Å². The largest absolute Gasteiger partial charge is 0.447 e. The highest BCUT2D eigenvalue weighted by atomic mass is 16.6. The standard InChI is InChI=1S/C12H21NO4/c1-8(2)6-9-7-16-10(14)13(9)11(15)17-12(3,4)5/h8-9H,6-7H2,1-5H3/t9-/m0/s1. The molecule has 0 aromatic heterocycles. The molecular formula is C12H21NO4. The Morgan fingerprint density at radius 2 is 2.12 bits per heavy atom. The number of carbonyl (C=O) groups is 2. The van der Waals surface area contributed by atoms with Gasteiger partial charge in [-0.2, -0.15) is 0 Å². The lowest BCUT2D eigenvalue weighted by atomic mass is 10.0. The van der Waals surface area contributed by atoms with Crippen molar-refractivity contribution in [1.82, 2.24) is 4.90 Å². The summed E-state index contributed by atoms with van der Waals surface area (Å²) in [6.07, 6.45) is -0.499. The van der Waals surface area contributed by atoms with Crippen LogP contribution in [0.3, 0.4) is 0 Å². The third-order valence-electron chi connectivity index (χ3n) is 2.29. The van der Waals surface area contributed by atoms with E-state index in [2.05, 4.69) is 0 Å². The zero-order valence-electron chi connectivity index (χ0n) is 11.1. The van der Waals surface area contributed by atoms with Gasteiger partial charge >= 0.3 is 12.2 Å². The Kier molecular flexibility index (Phi) is 4.01. The van der Waals surface area contributed by atoms with Crippen LogP contribution in [0.2, 0.25) is 0 Å². The predicted octanol–water partition coefficient (Wildman–Crippen LogP) is 2.79. The third kappa shape index (κ3) is 3.91. The second-order valence-electron chi connectivity index (χ2n) is 5.71. The van der Waals surface area contributed by atoms with Gasteiger partial charge in [0.2, 0.25) is 0 Å². The van der Waals surface area contributed by atoms with E-state index >= 15 is 0 Å². The molecule has 0 bridgehead atoms. The van der Waals surface area contributed by atoms with Crippen LogP contribution < -0.4 is 0 Å². The first-order valence-electron chi connectivity index (χ1n) is 5.89. The number of nitrogens with zero attached hydrogens (tertiary/aromatic N) is 1. The summed E-state index contributed by atoms with van der Waals surface area (Å²) < 4.78 is 10.1. The summed E-state index contributed by atoms with van der Waals surface area (Å²) in [5.74, 6) is 0.388. The van der Waals surface area contributed by atoms with E-state index in [1.54, 1.807) is 20.8 Å². The first-order valence-corrected chi connectivity index (χ1v) is 5.89. The molecule has 0 N–H and O–H groups in total. The van der Waals surface area contributed by atoms with Crippen LogP contribution >= 0.6 is 0 Å². The predicted molar refractivity (Wildman–Crippen MR) is 62.7 cm³/mol. The number of ether oxygens (including phenoxy) is 2. The van der Waals surface area contributed by atoms with Crippen molar-refractivity contribution in [3.05, 3.63) is 0 Å². The molecule has 1 rings (SSSR count). The maximum absolute atomic E-state index is 11.9. The van der Waals surface area contributed by atoms with E-state index in [-0.39, 0.29) is 12.6 Å². The molecule has 0 spiro atoms. The van der Waals surface area contributed by atoms with Crippen LogP contribution in [0.5, 0.6) is 0 Å². The smallest absolute Gasteiger partial charge is 0.420 e. The van der Waals surface area contributed by atoms with Gasteiger partial charge in [0.15, 0.2) is 0 Å². The summed E-state index contributed by atoms with van der Waals surface area (Å²) in [5.41, 5.74) is -0.609. The van der Waals surface area contributed by atoms with Crippen molar-refractivity contribution in [3.8, 4) is 0 Å². The lowest BCUT2D eigenvalue weighted by Crippen LogP contribution is -2.42. The molecule has 0 aromatic rings. The van der Waals surface area contributed by atoms with E-state index in [1.807, 2.05) is 13.8 Å². The minimum atomic E-state index is -0.620. The Morgan fingerprint density at radius 1 is 1.53 bits per heavy atom. The lowest BCUT2D eigenvalue weighted by Gasteiger charge is -2.25. The summed E-state index contributed by atoms with van der Waals surface area (Å²) in [6, 6.07) is -0.211. The fraction of sp³-hybridized carbons (Fsp3) is 0.833. The van der Waals surface area contributed by atoms with Gasteiger partial charge in [0.05, 0.1) is 6.04 Å². The van der Waals surface area contributed by atoms with Crippen LogP contribution in [0.1, 0.15) is 41.0 Å². The number of imide groups is 1. The van der Waals surface area contributed by atoms with E-state index < -0.39 is 17.8 Å². The summed E-state index contributed by atoms with van der Waals surface area (Å²) in [4.78, 5) is 24.5. The number of amides is 2. The summed E-state index contributed by atoms with van der Waals surface area (Å²) in [6.45, 7) is 9.64. The van der Waals surface area contributed by atoms with E-state index in [0.717, 1.165) is 11.3 Å². The van der Waals surface area contributed by atoms with Crippen molar-refractivity contribution in [2.75, 3.05) is 6.61 Å². The van der Waals surface area contributed by atoms with Crippen molar-refractivity contribution in [2.24, 2.45) is 5.92 Å². The molecule has 1 aliphatic heterocycles. The minimum Gasteiger partial charge on any atom is -0.447 e. The normalized spacial score (nSPS) is 20.7. The molecule has 98 valence electrons.